The number of carbonyl (C=O) groups is 1. The average Bonchev–Trinajstić information content (AvgIpc) is 2.93. The first-order chi connectivity index (χ1) is 14.3. The van der Waals surface area contributed by atoms with Crippen molar-refractivity contribution in [3.05, 3.63) is 47.1 Å². The summed E-state index contributed by atoms with van der Waals surface area (Å²) in [4.78, 5) is 21.3. The normalized spacial score (nSPS) is 15.7. The molecule has 1 saturated heterocycles. The molecule has 1 amide bonds. The molecule has 0 saturated carbocycles. The molecule has 0 radical (unpaired) electrons. The number of carbonyl (C=O) groups excluding carboxylic acids is 1. The van der Waals surface area contributed by atoms with Crippen LogP contribution in [0.4, 0.5) is 24.7 Å². The van der Waals surface area contributed by atoms with Gasteiger partial charge >= 0.3 is 6.18 Å². The van der Waals surface area contributed by atoms with Gasteiger partial charge in [0, 0.05) is 43.0 Å². The van der Waals surface area contributed by atoms with E-state index >= 15 is 0 Å². The molecule has 1 aromatic heterocycles. The van der Waals surface area contributed by atoms with Gasteiger partial charge in [-0.1, -0.05) is 11.6 Å². The van der Waals surface area contributed by atoms with Crippen molar-refractivity contribution >= 4 is 40.8 Å². The minimum absolute atomic E-state index is 0.0234. The second kappa shape index (κ2) is 9.89. The largest absolute Gasteiger partial charge is 0.417 e. The van der Waals surface area contributed by atoms with Gasteiger partial charge in [0.1, 0.15) is 5.82 Å². The fourth-order valence-corrected chi connectivity index (χ4v) is 3.93. The number of hydrogen-bond donors (Lipinski definition) is 1. The van der Waals surface area contributed by atoms with Crippen LogP contribution >= 0.6 is 23.4 Å². The van der Waals surface area contributed by atoms with Gasteiger partial charge in [0.25, 0.3) is 0 Å². The van der Waals surface area contributed by atoms with Crippen molar-refractivity contribution in [1.29, 1.82) is 0 Å². The van der Waals surface area contributed by atoms with E-state index in [0.29, 0.717) is 32.0 Å². The molecule has 162 valence electrons. The Balaban J connectivity index is 1.56. The third-order valence-corrected chi connectivity index (χ3v) is 5.80. The Morgan fingerprint density at radius 3 is 2.57 bits per heavy atom. The number of thioether (sulfide) groups is 1. The summed E-state index contributed by atoms with van der Waals surface area (Å²) in [6.45, 7) is 2.65. The number of rotatable bonds is 5. The highest BCUT2D eigenvalue weighted by Gasteiger charge is 2.32. The quantitative estimate of drug-likeness (QED) is 0.662. The fraction of sp³-hybridized carbons (Fsp3) is 0.400. The highest BCUT2D eigenvalue weighted by atomic mass is 35.5. The number of hydrogen-bond acceptors (Lipinski definition) is 5. The standard InChI is InChI=1S/C20H22ClF3N4OS/c1-30-16-5-3-15(4-6-16)26-18(29)13-27-7-2-8-28(10-9-27)19-17(21)11-14(12-25-19)20(22,23)24/h3-6,11-12H,2,7-10,13H2,1H3,(H,26,29). The van der Waals surface area contributed by atoms with Gasteiger partial charge in [-0.05, 0) is 43.0 Å². The lowest BCUT2D eigenvalue weighted by Gasteiger charge is -2.23. The van der Waals surface area contributed by atoms with Crippen LogP contribution in [-0.2, 0) is 11.0 Å². The summed E-state index contributed by atoms with van der Waals surface area (Å²) in [5.74, 6) is 0.232. The molecule has 0 spiro atoms. The van der Waals surface area contributed by atoms with E-state index in [-0.39, 0.29) is 17.5 Å². The van der Waals surface area contributed by atoms with Crippen molar-refractivity contribution in [2.45, 2.75) is 17.5 Å². The lowest BCUT2D eigenvalue weighted by molar-refractivity contribution is -0.137. The number of benzene rings is 1. The Bertz CT molecular complexity index is 879. The zero-order valence-electron chi connectivity index (χ0n) is 16.4. The first-order valence-electron chi connectivity index (χ1n) is 9.40. The molecular weight excluding hydrogens is 437 g/mol. The van der Waals surface area contributed by atoms with E-state index in [1.807, 2.05) is 40.3 Å². The highest BCUT2D eigenvalue weighted by molar-refractivity contribution is 7.98. The van der Waals surface area contributed by atoms with Crippen molar-refractivity contribution < 1.29 is 18.0 Å². The summed E-state index contributed by atoms with van der Waals surface area (Å²) in [5.41, 5.74) is -0.120. The highest BCUT2D eigenvalue weighted by Crippen LogP contribution is 2.33. The van der Waals surface area contributed by atoms with Gasteiger partial charge in [-0.3, -0.25) is 9.69 Å². The molecule has 2 heterocycles. The summed E-state index contributed by atoms with van der Waals surface area (Å²) >= 11 is 7.70. The Morgan fingerprint density at radius 2 is 1.93 bits per heavy atom. The molecule has 0 unspecified atom stereocenters. The molecule has 1 fully saturated rings. The second-order valence-electron chi connectivity index (χ2n) is 6.92. The number of aromatic nitrogens is 1. The van der Waals surface area contributed by atoms with Crippen molar-refractivity contribution in [2.75, 3.05) is 49.2 Å². The van der Waals surface area contributed by atoms with Gasteiger partial charge < -0.3 is 10.2 Å². The molecule has 1 N–H and O–H groups in total. The van der Waals surface area contributed by atoms with Gasteiger partial charge in [-0.2, -0.15) is 13.2 Å². The summed E-state index contributed by atoms with van der Waals surface area (Å²) < 4.78 is 38.4. The third kappa shape index (κ3) is 6.02. The van der Waals surface area contributed by atoms with Crippen molar-refractivity contribution in [2.24, 2.45) is 0 Å². The number of nitrogens with one attached hydrogen (secondary N) is 1. The number of anilines is 2. The molecule has 10 heteroatoms. The monoisotopic (exact) mass is 458 g/mol. The molecule has 0 aliphatic carbocycles. The van der Waals surface area contributed by atoms with Crippen LogP contribution in [0.5, 0.6) is 0 Å². The third-order valence-electron chi connectivity index (χ3n) is 4.78. The van der Waals surface area contributed by atoms with Crippen LogP contribution in [0, 0.1) is 0 Å². The zero-order valence-corrected chi connectivity index (χ0v) is 17.9. The molecule has 0 bridgehead atoms. The number of amides is 1. The lowest BCUT2D eigenvalue weighted by atomic mass is 10.2. The Morgan fingerprint density at radius 1 is 1.20 bits per heavy atom. The predicted octanol–water partition coefficient (Wildman–Crippen LogP) is 4.63. The molecular formula is C20H22ClF3N4OS. The van der Waals surface area contributed by atoms with Gasteiger partial charge in [-0.25, -0.2) is 4.98 Å². The first kappa shape index (κ1) is 22.7. The van der Waals surface area contributed by atoms with Crippen molar-refractivity contribution in [3.63, 3.8) is 0 Å². The van der Waals surface area contributed by atoms with Crippen LogP contribution in [0.3, 0.4) is 0 Å². The minimum atomic E-state index is -4.48. The number of nitrogens with zero attached hydrogens (tertiary/aromatic N) is 3. The van der Waals surface area contributed by atoms with Crippen molar-refractivity contribution in [1.82, 2.24) is 9.88 Å². The average molecular weight is 459 g/mol. The Labute approximate surface area is 182 Å². The zero-order chi connectivity index (χ0) is 21.7. The van der Waals surface area contributed by atoms with Gasteiger partial charge in [0.15, 0.2) is 0 Å². The maximum Gasteiger partial charge on any atom is 0.417 e. The van der Waals surface area contributed by atoms with Crippen LogP contribution in [-0.4, -0.2) is 54.8 Å². The number of alkyl halides is 3. The van der Waals surface area contributed by atoms with Crippen LogP contribution in [0.25, 0.3) is 0 Å². The maximum atomic E-state index is 12.8. The fourth-order valence-electron chi connectivity index (χ4n) is 3.24. The summed E-state index contributed by atoms with van der Waals surface area (Å²) in [7, 11) is 0. The van der Waals surface area contributed by atoms with E-state index in [1.54, 1.807) is 11.8 Å². The molecule has 3 rings (SSSR count). The first-order valence-corrected chi connectivity index (χ1v) is 11.0. The van der Waals surface area contributed by atoms with E-state index in [0.717, 1.165) is 29.3 Å². The molecule has 5 nitrogen and oxygen atoms in total. The van der Waals surface area contributed by atoms with E-state index in [9.17, 15) is 18.0 Å². The number of halogens is 4. The molecule has 0 atom stereocenters. The van der Waals surface area contributed by atoms with Gasteiger partial charge in [0.05, 0.1) is 17.1 Å². The minimum Gasteiger partial charge on any atom is -0.354 e. The van der Waals surface area contributed by atoms with E-state index in [1.165, 1.54) is 0 Å². The lowest BCUT2D eigenvalue weighted by Crippen LogP contribution is -2.36. The Hall–Kier alpha value is -1.97. The van der Waals surface area contributed by atoms with Gasteiger partial charge in [0.2, 0.25) is 5.91 Å². The topological polar surface area (TPSA) is 48.5 Å². The maximum absolute atomic E-state index is 12.8. The molecule has 1 aliphatic heterocycles. The summed E-state index contributed by atoms with van der Waals surface area (Å²) in [6.07, 6.45) is -0.939. The van der Waals surface area contributed by atoms with Crippen molar-refractivity contribution in [3.8, 4) is 0 Å². The SMILES string of the molecule is CSc1ccc(NC(=O)CN2CCCN(c3ncc(C(F)(F)F)cc3Cl)CC2)cc1. The van der Waals surface area contributed by atoms with E-state index < -0.39 is 11.7 Å². The molecule has 1 aromatic carbocycles. The van der Waals surface area contributed by atoms with E-state index in [2.05, 4.69) is 10.3 Å². The van der Waals surface area contributed by atoms with Crippen LogP contribution in [0.15, 0.2) is 41.4 Å². The number of pyridine rings is 1. The van der Waals surface area contributed by atoms with Crippen LogP contribution in [0.1, 0.15) is 12.0 Å². The molecule has 1 aliphatic rings. The van der Waals surface area contributed by atoms with Gasteiger partial charge in [-0.15, -0.1) is 11.8 Å². The second-order valence-corrected chi connectivity index (χ2v) is 8.21. The van der Waals surface area contributed by atoms with Crippen LogP contribution in [0.2, 0.25) is 5.02 Å². The summed E-state index contributed by atoms with van der Waals surface area (Å²) in [5, 5.41) is 2.87. The van der Waals surface area contributed by atoms with E-state index in [4.69, 9.17) is 11.6 Å². The Kier molecular flexibility index (Phi) is 7.49. The summed E-state index contributed by atoms with van der Waals surface area (Å²) in [6, 6.07) is 8.54. The molecule has 30 heavy (non-hydrogen) atoms. The predicted molar refractivity (Wildman–Crippen MR) is 114 cm³/mol. The van der Waals surface area contributed by atoms with Crippen LogP contribution < -0.4 is 10.2 Å². The smallest absolute Gasteiger partial charge is 0.354 e. The molecule has 2 aromatic rings.